The van der Waals surface area contributed by atoms with Gasteiger partial charge in [0, 0.05) is 11.4 Å². The smallest absolute Gasteiger partial charge is 0.283 e. The summed E-state index contributed by atoms with van der Waals surface area (Å²) in [5.41, 5.74) is 3.30. The number of hydrogen-bond acceptors (Lipinski definition) is 2. The molecule has 0 bridgehead atoms. The molecule has 106 valence electrons. The standard InChI is InChI=1S/C16H25NOS/c1-4-5-6-7-8-12-19-16(18)17-15-11-9-10-13(2)14(15)3/h9-11H,4-8,12H2,1-3H3,(H,17,18). The molecule has 1 rings (SSSR count). The minimum absolute atomic E-state index is 0.0594. The number of unbranched alkanes of at least 4 members (excludes halogenated alkanes) is 4. The quantitative estimate of drug-likeness (QED) is 0.664. The summed E-state index contributed by atoms with van der Waals surface area (Å²) in [7, 11) is 0. The third-order valence-electron chi connectivity index (χ3n) is 3.32. The van der Waals surface area contributed by atoms with Crippen LogP contribution in [0.25, 0.3) is 0 Å². The summed E-state index contributed by atoms with van der Waals surface area (Å²) in [4.78, 5) is 11.8. The van der Waals surface area contributed by atoms with Crippen LogP contribution in [-0.2, 0) is 0 Å². The summed E-state index contributed by atoms with van der Waals surface area (Å²) in [6.07, 6.45) is 6.22. The molecule has 0 heterocycles. The first kappa shape index (κ1) is 16.1. The van der Waals surface area contributed by atoms with Crippen LogP contribution < -0.4 is 5.32 Å². The lowest BCUT2D eigenvalue weighted by atomic mass is 10.1. The normalized spacial score (nSPS) is 10.5. The average molecular weight is 279 g/mol. The lowest BCUT2D eigenvalue weighted by Gasteiger charge is -2.09. The van der Waals surface area contributed by atoms with Crippen LogP contribution in [0.5, 0.6) is 0 Å². The zero-order chi connectivity index (χ0) is 14.1. The zero-order valence-corrected chi connectivity index (χ0v) is 13.1. The van der Waals surface area contributed by atoms with Gasteiger partial charge in [0.05, 0.1) is 0 Å². The van der Waals surface area contributed by atoms with Crippen LogP contribution in [0.4, 0.5) is 10.5 Å². The maximum absolute atomic E-state index is 11.8. The molecule has 19 heavy (non-hydrogen) atoms. The van der Waals surface area contributed by atoms with Crippen molar-refractivity contribution in [3.63, 3.8) is 0 Å². The second-order valence-corrected chi connectivity index (χ2v) is 5.99. The summed E-state index contributed by atoms with van der Waals surface area (Å²) in [6.45, 7) is 6.32. The van der Waals surface area contributed by atoms with E-state index in [1.54, 1.807) is 0 Å². The molecule has 2 nitrogen and oxygen atoms in total. The third-order valence-corrected chi connectivity index (χ3v) is 4.18. The molecule has 1 aromatic carbocycles. The molecule has 1 aromatic rings. The molecule has 0 spiro atoms. The van der Waals surface area contributed by atoms with E-state index in [1.807, 2.05) is 19.1 Å². The van der Waals surface area contributed by atoms with Crippen LogP contribution in [0, 0.1) is 13.8 Å². The molecule has 0 aliphatic rings. The zero-order valence-electron chi connectivity index (χ0n) is 12.3. The highest BCUT2D eigenvalue weighted by molar-refractivity contribution is 8.13. The topological polar surface area (TPSA) is 29.1 Å². The molecule has 0 aliphatic carbocycles. The van der Waals surface area contributed by atoms with E-state index < -0.39 is 0 Å². The van der Waals surface area contributed by atoms with Gasteiger partial charge in [0.15, 0.2) is 0 Å². The molecule has 1 N–H and O–H groups in total. The second kappa shape index (κ2) is 9.03. The first-order chi connectivity index (χ1) is 9.15. The molecule has 0 saturated heterocycles. The van der Waals surface area contributed by atoms with Gasteiger partial charge in [-0.2, -0.15) is 0 Å². The first-order valence-corrected chi connectivity index (χ1v) is 8.13. The van der Waals surface area contributed by atoms with E-state index in [9.17, 15) is 4.79 Å². The second-order valence-electron chi connectivity index (χ2n) is 4.92. The molecule has 1 amide bonds. The largest absolute Gasteiger partial charge is 0.317 e. The lowest BCUT2D eigenvalue weighted by Crippen LogP contribution is -2.07. The summed E-state index contributed by atoms with van der Waals surface area (Å²) in [5, 5.41) is 3.04. The van der Waals surface area contributed by atoms with Crippen molar-refractivity contribution in [2.24, 2.45) is 0 Å². The Morgan fingerprint density at radius 3 is 2.63 bits per heavy atom. The number of aryl methyl sites for hydroxylation is 1. The molecule has 0 fully saturated rings. The van der Waals surface area contributed by atoms with Crippen LogP contribution in [-0.4, -0.2) is 11.0 Å². The van der Waals surface area contributed by atoms with Crippen LogP contribution in [0.1, 0.15) is 50.2 Å². The number of hydrogen-bond donors (Lipinski definition) is 1. The predicted molar refractivity (Wildman–Crippen MR) is 86.2 cm³/mol. The van der Waals surface area contributed by atoms with Gasteiger partial charge < -0.3 is 5.32 Å². The minimum atomic E-state index is 0.0594. The molecule has 0 atom stereocenters. The highest BCUT2D eigenvalue weighted by Crippen LogP contribution is 2.20. The Morgan fingerprint density at radius 2 is 1.89 bits per heavy atom. The van der Waals surface area contributed by atoms with Crippen LogP contribution >= 0.6 is 11.8 Å². The number of nitrogens with one attached hydrogen (secondary N) is 1. The highest BCUT2D eigenvalue weighted by Gasteiger charge is 2.06. The fraction of sp³-hybridized carbons (Fsp3) is 0.562. The van der Waals surface area contributed by atoms with Gasteiger partial charge in [-0.15, -0.1) is 0 Å². The van der Waals surface area contributed by atoms with Gasteiger partial charge in [-0.3, -0.25) is 4.79 Å². The molecule has 0 aliphatic heterocycles. The Morgan fingerprint density at radius 1 is 1.16 bits per heavy atom. The van der Waals surface area contributed by atoms with E-state index in [-0.39, 0.29) is 5.24 Å². The molecule has 0 radical (unpaired) electrons. The van der Waals surface area contributed by atoms with Crippen molar-refractivity contribution in [2.45, 2.75) is 52.9 Å². The van der Waals surface area contributed by atoms with Crippen molar-refractivity contribution in [2.75, 3.05) is 11.1 Å². The Bertz CT molecular complexity index is 404. The van der Waals surface area contributed by atoms with Gasteiger partial charge in [0.25, 0.3) is 5.24 Å². The number of carbonyl (C=O) groups excluding carboxylic acids is 1. The molecule has 0 aromatic heterocycles. The van der Waals surface area contributed by atoms with Gasteiger partial charge in [-0.05, 0) is 37.5 Å². The summed E-state index contributed by atoms with van der Waals surface area (Å²) < 4.78 is 0. The molecule has 3 heteroatoms. The predicted octanol–water partition coefficient (Wildman–Crippen LogP) is 5.54. The number of thioether (sulfide) groups is 1. The molecular formula is C16H25NOS. The van der Waals surface area contributed by atoms with Crippen LogP contribution in [0.15, 0.2) is 18.2 Å². The van der Waals surface area contributed by atoms with E-state index in [4.69, 9.17) is 0 Å². The van der Waals surface area contributed by atoms with Gasteiger partial charge in [0.1, 0.15) is 0 Å². The third kappa shape index (κ3) is 6.15. The summed E-state index contributed by atoms with van der Waals surface area (Å²) >= 11 is 1.39. The van der Waals surface area contributed by atoms with Gasteiger partial charge in [-0.25, -0.2) is 0 Å². The lowest BCUT2D eigenvalue weighted by molar-refractivity contribution is 0.269. The fourth-order valence-corrected chi connectivity index (χ4v) is 2.62. The Kier molecular flexibility index (Phi) is 7.65. The van der Waals surface area contributed by atoms with E-state index in [0.29, 0.717) is 0 Å². The minimum Gasteiger partial charge on any atom is -0.317 e. The molecular weight excluding hydrogens is 254 g/mol. The fourth-order valence-electron chi connectivity index (χ4n) is 1.90. The van der Waals surface area contributed by atoms with E-state index >= 15 is 0 Å². The van der Waals surface area contributed by atoms with E-state index in [0.717, 1.165) is 23.4 Å². The van der Waals surface area contributed by atoms with E-state index in [2.05, 4.69) is 25.2 Å². The molecule has 0 saturated carbocycles. The van der Waals surface area contributed by atoms with Crippen molar-refractivity contribution < 1.29 is 4.79 Å². The number of anilines is 1. The Labute approximate surface area is 121 Å². The van der Waals surface area contributed by atoms with Crippen molar-refractivity contribution in [3.05, 3.63) is 29.3 Å². The van der Waals surface area contributed by atoms with Gasteiger partial charge in [-0.1, -0.05) is 56.5 Å². The van der Waals surface area contributed by atoms with Gasteiger partial charge >= 0.3 is 0 Å². The maximum Gasteiger partial charge on any atom is 0.283 e. The Balaban J connectivity index is 2.26. The van der Waals surface area contributed by atoms with Crippen molar-refractivity contribution >= 4 is 22.7 Å². The number of benzene rings is 1. The average Bonchev–Trinajstić information content (AvgIpc) is 2.39. The summed E-state index contributed by atoms with van der Waals surface area (Å²) in [6, 6.07) is 6.00. The first-order valence-electron chi connectivity index (χ1n) is 7.15. The van der Waals surface area contributed by atoms with Crippen LogP contribution in [0.3, 0.4) is 0 Å². The number of carbonyl (C=O) groups is 1. The van der Waals surface area contributed by atoms with Crippen molar-refractivity contribution in [1.29, 1.82) is 0 Å². The SMILES string of the molecule is CCCCCCCSC(=O)Nc1cccc(C)c1C. The Hall–Kier alpha value is -0.960. The van der Waals surface area contributed by atoms with Crippen molar-refractivity contribution in [1.82, 2.24) is 0 Å². The number of rotatable bonds is 7. The van der Waals surface area contributed by atoms with Crippen molar-refractivity contribution in [3.8, 4) is 0 Å². The highest BCUT2D eigenvalue weighted by atomic mass is 32.2. The van der Waals surface area contributed by atoms with Gasteiger partial charge in [0.2, 0.25) is 0 Å². The maximum atomic E-state index is 11.8. The van der Waals surface area contributed by atoms with Crippen LogP contribution in [0.2, 0.25) is 0 Å². The monoisotopic (exact) mass is 279 g/mol. The summed E-state index contributed by atoms with van der Waals surface area (Å²) in [5.74, 6) is 0.917. The molecule has 0 unspecified atom stereocenters. The van der Waals surface area contributed by atoms with E-state index in [1.165, 1.54) is 43.0 Å². The number of amides is 1.